The quantitative estimate of drug-likeness (QED) is 0.580. The molecular formula is C19H19ClF3N3O. The maximum atomic E-state index is 12.8. The maximum Gasteiger partial charge on any atom is 0.416 e. The summed E-state index contributed by atoms with van der Waals surface area (Å²) in [5.74, 6) is 0. The van der Waals surface area contributed by atoms with Crippen LogP contribution in [0, 0.1) is 0 Å². The second-order valence-electron chi connectivity index (χ2n) is 6.15. The Kier molecular flexibility index (Phi) is 5.92. The van der Waals surface area contributed by atoms with E-state index >= 15 is 0 Å². The smallest absolute Gasteiger partial charge is 0.378 e. The van der Waals surface area contributed by atoms with Gasteiger partial charge in [-0.2, -0.15) is 18.3 Å². The lowest BCUT2D eigenvalue weighted by Crippen LogP contribution is -2.36. The SMILES string of the molecule is C/C(=N/Nc1cc(C(F)(F)F)ccc1Cl)c1ccc(N2CCOCC2)cc1. The summed E-state index contributed by atoms with van der Waals surface area (Å²) in [6.45, 7) is 4.90. The average molecular weight is 398 g/mol. The minimum atomic E-state index is -4.44. The van der Waals surface area contributed by atoms with Crippen molar-refractivity contribution in [3.8, 4) is 0 Å². The molecule has 0 atom stereocenters. The van der Waals surface area contributed by atoms with E-state index in [0.717, 1.165) is 36.5 Å². The first-order valence-corrected chi connectivity index (χ1v) is 8.82. The van der Waals surface area contributed by atoms with Crippen LogP contribution in [0.25, 0.3) is 0 Å². The van der Waals surface area contributed by atoms with Gasteiger partial charge in [0.2, 0.25) is 0 Å². The molecule has 0 aromatic heterocycles. The van der Waals surface area contributed by atoms with Gasteiger partial charge in [0.05, 0.1) is 35.2 Å². The predicted octanol–water partition coefficient (Wildman–Crippen LogP) is 5.03. The van der Waals surface area contributed by atoms with Gasteiger partial charge in [0.1, 0.15) is 0 Å². The lowest BCUT2D eigenvalue weighted by atomic mass is 10.1. The van der Waals surface area contributed by atoms with Crippen molar-refractivity contribution < 1.29 is 17.9 Å². The number of nitrogens with zero attached hydrogens (tertiary/aromatic N) is 2. The standard InChI is InChI=1S/C19H19ClF3N3O/c1-13(14-2-5-16(6-3-14)26-8-10-27-11-9-26)24-25-18-12-15(19(21,22)23)4-7-17(18)20/h2-7,12,25H,8-11H2,1H3/b24-13-. The predicted molar refractivity (Wildman–Crippen MR) is 102 cm³/mol. The van der Waals surface area contributed by atoms with Gasteiger partial charge < -0.3 is 9.64 Å². The van der Waals surface area contributed by atoms with Gasteiger partial charge in [-0.25, -0.2) is 0 Å². The third-order valence-corrected chi connectivity index (χ3v) is 4.63. The van der Waals surface area contributed by atoms with E-state index in [1.807, 2.05) is 24.3 Å². The number of rotatable bonds is 4. The highest BCUT2D eigenvalue weighted by Crippen LogP contribution is 2.33. The van der Waals surface area contributed by atoms with Gasteiger partial charge in [0.25, 0.3) is 0 Å². The van der Waals surface area contributed by atoms with Gasteiger partial charge in [0, 0.05) is 18.8 Å². The van der Waals surface area contributed by atoms with Crippen molar-refractivity contribution in [1.82, 2.24) is 0 Å². The maximum absolute atomic E-state index is 12.8. The Morgan fingerprint density at radius 2 is 1.78 bits per heavy atom. The number of hydrazone groups is 1. The van der Waals surface area contributed by atoms with Gasteiger partial charge >= 0.3 is 6.18 Å². The van der Waals surface area contributed by atoms with Crippen LogP contribution in [0.15, 0.2) is 47.6 Å². The second-order valence-corrected chi connectivity index (χ2v) is 6.55. The Balaban J connectivity index is 1.72. The number of ether oxygens (including phenoxy) is 1. The molecule has 0 aliphatic carbocycles. The van der Waals surface area contributed by atoms with Crippen LogP contribution >= 0.6 is 11.6 Å². The van der Waals surface area contributed by atoms with Crippen molar-refractivity contribution in [3.63, 3.8) is 0 Å². The molecule has 1 aliphatic rings. The molecule has 1 heterocycles. The molecule has 1 saturated heterocycles. The third-order valence-electron chi connectivity index (χ3n) is 4.30. The molecule has 0 amide bonds. The van der Waals surface area contributed by atoms with Crippen molar-refractivity contribution >= 4 is 28.7 Å². The molecule has 0 spiro atoms. The fourth-order valence-corrected chi connectivity index (χ4v) is 2.89. The third kappa shape index (κ3) is 4.93. The molecule has 3 rings (SSSR count). The summed E-state index contributed by atoms with van der Waals surface area (Å²) >= 11 is 5.97. The molecule has 2 aromatic carbocycles. The van der Waals surface area contributed by atoms with Gasteiger partial charge in [-0.15, -0.1) is 0 Å². The summed E-state index contributed by atoms with van der Waals surface area (Å²) in [5.41, 5.74) is 4.56. The molecule has 0 radical (unpaired) electrons. The molecule has 8 heteroatoms. The number of anilines is 2. The van der Waals surface area contributed by atoms with Crippen molar-refractivity contribution in [3.05, 3.63) is 58.6 Å². The molecule has 0 bridgehead atoms. The first kappa shape index (κ1) is 19.5. The van der Waals surface area contributed by atoms with Crippen molar-refractivity contribution in [2.45, 2.75) is 13.1 Å². The van der Waals surface area contributed by atoms with Crippen LogP contribution < -0.4 is 10.3 Å². The molecule has 0 unspecified atom stereocenters. The summed E-state index contributed by atoms with van der Waals surface area (Å²) in [6, 6.07) is 10.9. The van der Waals surface area contributed by atoms with E-state index in [1.54, 1.807) is 6.92 Å². The van der Waals surface area contributed by atoms with Crippen LogP contribution in [0.3, 0.4) is 0 Å². The van der Waals surface area contributed by atoms with Crippen LogP contribution in [0.4, 0.5) is 24.5 Å². The first-order valence-electron chi connectivity index (χ1n) is 8.45. The minimum absolute atomic E-state index is 0.107. The van der Waals surface area contributed by atoms with E-state index in [0.29, 0.717) is 18.9 Å². The molecule has 144 valence electrons. The van der Waals surface area contributed by atoms with Gasteiger partial charge in [-0.3, -0.25) is 5.43 Å². The summed E-state index contributed by atoms with van der Waals surface area (Å²) in [7, 11) is 0. The van der Waals surface area contributed by atoms with Crippen molar-refractivity contribution in [2.24, 2.45) is 5.10 Å². The highest BCUT2D eigenvalue weighted by Gasteiger charge is 2.30. The number of hydrogen-bond donors (Lipinski definition) is 1. The molecule has 1 N–H and O–H groups in total. The zero-order chi connectivity index (χ0) is 19.4. The highest BCUT2D eigenvalue weighted by molar-refractivity contribution is 6.33. The Morgan fingerprint density at radius 3 is 2.41 bits per heavy atom. The van der Waals surface area contributed by atoms with E-state index in [2.05, 4.69) is 15.4 Å². The summed E-state index contributed by atoms with van der Waals surface area (Å²) in [6.07, 6.45) is -4.44. The van der Waals surface area contributed by atoms with E-state index in [4.69, 9.17) is 16.3 Å². The Hall–Kier alpha value is -2.25. The van der Waals surface area contributed by atoms with Gasteiger partial charge in [0.15, 0.2) is 0 Å². The zero-order valence-electron chi connectivity index (χ0n) is 14.7. The molecule has 0 saturated carbocycles. The van der Waals surface area contributed by atoms with Crippen LogP contribution in [-0.2, 0) is 10.9 Å². The van der Waals surface area contributed by atoms with Crippen molar-refractivity contribution in [1.29, 1.82) is 0 Å². The fraction of sp³-hybridized carbons (Fsp3) is 0.316. The van der Waals surface area contributed by atoms with Gasteiger partial charge in [-0.1, -0.05) is 23.7 Å². The van der Waals surface area contributed by atoms with E-state index in [9.17, 15) is 13.2 Å². The number of alkyl halides is 3. The second kappa shape index (κ2) is 8.19. The molecule has 2 aromatic rings. The minimum Gasteiger partial charge on any atom is -0.378 e. The van der Waals surface area contributed by atoms with Gasteiger partial charge in [-0.05, 0) is 42.8 Å². The first-order chi connectivity index (χ1) is 12.8. The number of nitrogens with one attached hydrogen (secondary N) is 1. The summed E-state index contributed by atoms with van der Waals surface area (Å²) in [4.78, 5) is 2.24. The van der Waals surface area contributed by atoms with E-state index < -0.39 is 11.7 Å². The van der Waals surface area contributed by atoms with Crippen LogP contribution in [0.2, 0.25) is 5.02 Å². The van der Waals surface area contributed by atoms with Crippen LogP contribution in [0.1, 0.15) is 18.1 Å². The lowest BCUT2D eigenvalue weighted by Gasteiger charge is -2.28. The number of benzene rings is 2. The van der Waals surface area contributed by atoms with Crippen LogP contribution in [-0.4, -0.2) is 32.0 Å². The number of hydrogen-bond acceptors (Lipinski definition) is 4. The van der Waals surface area contributed by atoms with E-state index in [-0.39, 0.29) is 10.7 Å². The number of morpholine rings is 1. The Labute approximate surface area is 160 Å². The lowest BCUT2D eigenvalue weighted by molar-refractivity contribution is -0.137. The molecule has 1 fully saturated rings. The Bertz CT molecular complexity index is 816. The normalized spacial score (nSPS) is 15.7. The molecular weight excluding hydrogens is 379 g/mol. The average Bonchev–Trinajstić information content (AvgIpc) is 2.67. The largest absolute Gasteiger partial charge is 0.416 e. The zero-order valence-corrected chi connectivity index (χ0v) is 15.4. The topological polar surface area (TPSA) is 36.9 Å². The molecule has 1 aliphatic heterocycles. The Morgan fingerprint density at radius 1 is 1.11 bits per heavy atom. The number of halogens is 4. The van der Waals surface area contributed by atoms with E-state index in [1.165, 1.54) is 6.07 Å². The summed E-state index contributed by atoms with van der Waals surface area (Å²) < 4.78 is 43.9. The monoisotopic (exact) mass is 397 g/mol. The van der Waals surface area contributed by atoms with Crippen LogP contribution in [0.5, 0.6) is 0 Å². The fourth-order valence-electron chi connectivity index (χ4n) is 2.73. The molecule has 4 nitrogen and oxygen atoms in total. The highest BCUT2D eigenvalue weighted by atomic mass is 35.5. The summed E-state index contributed by atoms with van der Waals surface area (Å²) in [5, 5.41) is 4.34. The molecule has 27 heavy (non-hydrogen) atoms. The van der Waals surface area contributed by atoms with Crippen molar-refractivity contribution in [2.75, 3.05) is 36.6 Å².